The molecule has 0 unspecified atom stereocenters. The van der Waals surface area contributed by atoms with Crippen LogP contribution < -0.4 is 10.1 Å². The van der Waals surface area contributed by atoms with Crippen molar-refractivity contribution in [1.29, 1.82) is 0 Å². The van der Waals surface area contributed by atoms with E-state index in [2.05, 4.69) is 17.1 Å². The summed E-state index contributed by atoms with van der Waals surface area (Å²) in [5, 5.41) is 14.3. The molecule has 166 valence electrons. The predicted molar refractivity (Wildman–Crippen MR) is 127 cm³/mol. The number of nitrogens with zero attached hydrogens (tertiary/aromatic N) is 2. The molecule has 2 atom stereocenters. The van der Waals surface area contributed by atoms with Crippen LogP contribution in [-0.4, -0.2) is 42.1 Å². The summed E-state index contributed by atoms with van der Waals surface area (Å²) in [6.45, 7) is 5.99. The Kier molecular flexibility index (Phi) is 7.26. The predicted octanol–water partition coefficient (Wildman–Crippen LogP) is 5.76. The zero-order valence-electron chi connectivity index (χ0n) is 17.8. The fraction of sp³-hybridized carbons (Fsp3) is 0.458. The second-order valence-corrected chi connectivity index (χ2v) is 8.95. The highest BCUT2D eigenvalue weighted by atomic mass is 35.5. The maximum Gasteiger partial charge on any atom is 0.120 e. The van der Waals surface area contributed by atoms with Crippen molar-refractivity contribution >= 4 is 29.0 Å². The highest BCUT2D eigenvalue weighted by Crippen LogP contribution is 2.42. The van der Waals surface area contributed by atoms with Gasteiger partial charge in [0.25, 0.3) is 0 Å². The second-order valence-electron chi connectivity index (χ2n) is 8.14. The van der Waals surface area contributed by atoms with Crippen LogP contribution >= 0.6 is 23.2 Å². The van der Waals surface area contributed by atoms with Crippen LogP contribution in [0.4, 0.5) is 0 Å². The number of hydrogen-bond acceptors (Lipinski definition) is 5. The Morgan fingerprint density at radius 1 is 1.06 bits per heavy atom. The molecule has 0 spiro atoms. The van der Waals surface area contributed by atoms with Crippen molar-refractivity contribution in [2.45, 2.75) is 44.7 Å². The molecule has 2 N–H and O–H groups in total. The van der Waals surface area contributed by atoms with Crippen LogP contribution in [0.3, 0.4) is 0 Å². The molecule has 4 rings (SSSR count). The van der Waals surface area contributed by atoms with Crippen molar-refractivity contribution in [2.24, 2.45) is 4.99 Å². The number of nitrogens with one attached hydrogen (secondary N) is 1. The van der Waals surface area contributed by atoms with Crippen LogP contribution in [0.25, 0.3) is 0 Å². The third-order valence-corrected chi connectivity index (χ3v) is 6.66. The Balaban J connectivity index is 1.49. The topological polar surface area (TPSA) is 57.1 Å². The summed E-state index contributed by atoms with van der Waals surface area (Å²) in [7, 11) is 0. The summed E-state index contributed by atoms with van der Waals surface area (Å²) in [6.07, 6.45) is 4.69. The van der Waals surface area contributed by atoms with Crippen LogP contribution in [0, 0.1) is 0 Å². The highest BCUT2D eigenvalue weighted by molar-refractivity contribution is 6.32. The van der Waals surface area contributed by atoms with Gasteiger partial charge in [0, 0.05) is 23.0 Å². The molecular formula is C24H29Cl2N3O2. The SMILES string of the molecule is CCC1=N[C@H](c2ccc(OCCN3CCCCC3)cc2Cl)[C@H](c2ccc(O)cc2Cl)N1. The third-order valence-electron chi connectivity index (χ3n) is 6.00. The second kappa shape index (κ2) is 10.1. The molecule has 1 saturated heterocycles. The quantitative estimate of drug-likeness (QED) is 0.550. The van der Waals surface area contributed by atoms with E-state index in [0.717, 1.165) is 48.8 Å². The summed E-state index contributed by atoms with van der Waals surface area (Å²) >= 11 is 13.1. The van der Waals surface area contributed by atoms with Crippen molar-refractivity contribution in [2.75, 3.05) is 26.2 Å². The number of aromatic hydroxyl groups is 1. The lowest BCUT2D eigenvalue weighted by Crippen LogP contribution is -2.33. The fourth-order valence-electron chi connectivity index (χ4n) is 4.31. The first-order chi connectivity index (χ1) is 15.0. The zero-order chi connectivity index (χ0) is 21.8. The molecule has 2 heterocycles. The Morgan fingerprint density at radius 3 is 2.52 bits per heavy atom. The molecular weight excluding hydrogens is 433 g/mol. The molecule has 1 fully saturated rings. The summed E-state index contributed by atoms with van der Waals surface area (Å²) in [5.41, 5.74) is 1.81. The number of benzene rings is 2. The molecule has 0 amide bonds. The molecule has 0 radical (unpaired) electrons. The van der Waals surface area contributed by atoms with Gasteiger partial charge in [-0.2, -0.15) is 0 Å². The number of amidine groups is 1. The van der Waals surface area contributed by atoms with Crippen molar-refractivity contribution in [3.8, 4) is 11.5 Å². The average molecular weight is 462 g/mol. The molecule has 0 aliphatic carbocycles. The molecule has 2 aromatic rings. The summed E-state index contributed by atoms with van der Waals surface area (Å²) in [4.78, 5) is 7.32. The number of rotatable bonds is 7. The van der Waals surface area contributed by atoms with Crippen molar-refractivity contribution in [1.82, 2.24) is 10.2 Å². The molecule has 2 aromatic carbocycles. The van der Waals surface area contributed by atoms with Gasteiger partial charge in [0.2, 0.25) is 0 Å². The van der Waals surface area contributed by atoms with Crippen LogP contribution in [0.2, 0.25) is 10.0 Å². The van der Waals surface area contributed by atoms with Gasteiger partial charge < -0.3 is 15.2 Å². The number of piperidine rings is 1. The van der Waals surface area contributed by atoms with Crippen LogP contribution in [-0.2, 0) is 0 Å². The number of phenolic OH excluding ortho intramolecular Hbond substituents is 1. The van der Waals surface area contributed by atoms with Crippen LogP contribution in [0.15, 0.2) is 41.4 Å². The van der Waals surface area contributed by atoms with Crippen molar-refractivity contribution in [3.63, 3.8) is 0 Å². The first-order valence-corrected chi connectivity index (χ1v) is 11.8. The lowest BCUT2D eigenvalue weighted by atomic mass is 9.94. The minimum atomic E-state index is -0.202. The normalized spacial score (nSPS) is 21.6. The maximum absolute atomic E-state index is 9.72. The molecule has 2 aliphatic heterocycles. The van der Waals surface area contributed by atoms with Gasteiger partial charge in [-0.25, -0.2) is 0 Å². The zero-order valence-corrected chi connectivity index (χ0v) is 19.3. The van der Waals surface area contributed by atoms with E-state index < -0.39 is 0 Å². The first kappa shape index (κ1) is 22.3. The number of halogens is 2. The Hall–Kier alpha value is -1.95. The Bertz CT molecular complexity index is 944. The maximum atomic E-state index is 9.72. The van der Waals surface area contributed by atoms with E-state index in [-0.39, 0.29) is 17.8 Å². The van der Waals surface area contributed by atoms with Crippen molar-refractivity contribution in [3.05, 3.63) is 57.6 Å². The molecule has 31 heavy (non-hydrogen) atoms. The number of hydrogen-bond donors (Lipinski definition) is 2. The minimum Gasteiger partial charge on any atom is -0.508 e. The minimum absolute atomic E-state index is 0.143. The summed E-state index contributed by atoms with van der Waals surface area (Å²) in [6, 6.07) is 10.5. The third kappa shape index (κ3) is 5.28. The highest BCUT2D eigenvalue weighted by Gasteiger charge is 2.33. The van der Waals surface area contributed by atoms with E-state index in [1.165, 1.54) is 19.3 Å². The molecule has 5 nitrogen and oxygen atoms in total. The summed E-state index contributed by atoms with van der Waals surface area (Å²) in [5.74, 6) is 1.83. The molecule has 0 bridgehead atoms. The van der Waals surface area contributed by atoms with Crippen LogP contribution in [0.5, 0.6) is 11.5 Å². The molecule has 2 aliphatic rings. The molecule has 0 aromatic heterocycles. The van der Waals surface area contributed by atoms with E-state index in [1.807, 2.05) is 24.3 Å². The van der Waals surface area contributed by atoms with Gasteiger partial charge >= 0.3 is 0 Å². The fourth-order valence-corrected chi connectivity index (χ4v) is 4.88. The standard InChI is InChI=1S/C24H29Cl2N3O2/c1-2-22-27-23(18-8-6-16(30)14-20(18)25)24(28-22)19-9-7-17(15-21(19)26)31-13-12-29-10-4-3-5-11-29/h6-9,14-15,23-24,30H,2-5,10-13H2,1H3,(H,27,28)/t23-,24+/m0/s1. The lowest BCUT2D eigenvalue weighted by molar-refractivity contribution is 0.183. The molecule has 0 saturated carbocycles. The van der Waals surface area contributed by atoms with Gasteiger partial charge in [0.05, 0.1) is 11.9 Å². The number of phenols is 1. The van der Waals surface area contributed by atoms with E-state index in [4.69, 9.17) is 32.9 Å². The summed E-state index contributed by atoms with van der Waals surface area (Å²) < 4.78 is 5.97. The Morgan fingerprint density at radius 2 is 1.81 bits per heavy atom. The van der Waals surface area contributed by atoms with Gasteiger partial charge in [-0.1, -0.05) is 48.7 Å². The van der Waals surface area contributed by atoms with E-state index >= 15 is 0 Å². The largest absolute Gasteiger partial charge is 0.508 e. The van der Waals surface area contributed by atoms with E-state index in [1.54, 1.807) is 12.1 Å². The smallest absolute Gasteiger partial charge is 0.120 e. The first-order valence-electron chi connectivity index (χ1n) is 11.0. The van der Waals surface area contributed by atoms with E-state index in [9.17, 15) is 5.11 Å². The Labute approximate surface area is 194 Å². The number of likely N-dealkylation sites (tertiary alicyclic amines) is 1. The van der Waals surface area contributed by atoms with Crippen molar-refractivity contribution < 1.29 is 9.84 Å². The van der Waals surface area contributed by atoms with E-state index in [0.29, 0.717) is 16.7 Å². The number of aliphatic imine (C=N–C) groups is 1. The van der Waals surface area contributed by atoms with Gasteiger partial charge in [-0.3, -0.25) is 9.89 Å². The monoisotopic (exact) mass is 461 g/mol. The van der Waals surface area contributed by atoms with Gasteiger partial charge in [0.15, 0.2) is 0 Å². The lowest BCUT2D eigenvalue weighted by Gasteiger charge is -2.26. The van der Waals surface area contributed by atoms with Gasteiger partial charge in [-0.15, -0.1) is 0 Å². The van der Waals surface area contributed by atoms with Crippen LogP contribution in [0.1, 0.15) is 55.8 Å². The van der Waals surface area contributed by atoms with Gasteiger partial charge in [0.1, 0.15) is 24.1 Å². The molecule has 7 heteroatoms. The average Bonchev–Trinajstić information content (AvgIpc) is 3.18. The number of ether oxygens (including phenoxy) is 1. The van der Waals surface area contributed by atoms with Gasteiger partial charge in [-0.05, 0) is 61.3 Å².